The van der Waals surface area contributed by atoms with Crippen molar-refractivity contribution < 1.29 is 23.9 Å². The molecular weight excluding hydrogens is 433 g/mol. The molecule has 0 bridgehead atoms. The Bertz CT molecular complexity index is 1110. The molecular formula is C20H15Cl2N3O5. The van der Waals surface area contributed by atoms with Crippen LogP contribution in [0.25, 0.3) is 6.08 Å². The van der Waals surface area contributed by atoms with E-state index >= 15 is 0 Å². The average molecular weight is 448 g/mol. The zero-order valence-electron chi connectivity index (χ0n) is 15.6. The number of imide groups is 2. The first kappa shape index (κ1) is 21.4. The van der Waals surface area contributed by atoms with Gasteiger partial charge in [0, 0.05) is 15.6 Å². The van der Waals surface area contributed by atoms with Crippen LogP contribution in [-0.4, -0.2) is 30.4 Å². The number of carbonyl (C=O) groups excluding carboxylic acids is 4. The Balaban J connectivity index is 2.06. The lowest BCUT2D eigenvalue weighted by Crippen LogP contribution is -2.54. The second-order valence-corrected chi connectivity index (χ2v) is 7.12. The van der Waals surface area contributed by atoms with Crippen molar-refractivity contribution in [3.05, 3.63) is 63.1 Å². The van der Waals surface area contributed by atoms with Crippen molar-refractivity contribution in [1.29, 1.82) is 0 Å². The van der Waals surface area contributed by atoms with Gasteiger partial charge in [0.15, 0.2) is 6.61 Å². The number of benzene rings is 2. The van der Waals surface area contributed by atoms with Crippen molar-refractivity contribution in [3.8, 4) is 5.75 Å². The van der Waals surface area contributed by atoms with E-state index in [-0.39, 0.29) is 22.6 Å². The van der Waals surface area contributed by atoms with Crippen LogP contribution in [0, 0.1) is 6.92 Å². The molecule has 2 aromatic rings. The van der Waals surface area contributed by atoms with Crippen LogP contribution in [0.1, 0.15) is 11.1 Å². The number of nitrogens with one attached hydrogen (secondary N) is 1. The van der Waals surface area contributed by atoms with Gasteiger partial charge in [0.05, 0.1) is 5.69 Å². The summed E-state index contributed by atoms with van der Waals surface area (Å²) in [5.74, 6) is -2.27. The molecule has 0 aliphatic carbocycles. The molecule has 5 amide bonds. The minimum atomic E-state index is -0.899. The van der Waals surface area contributed by atoms with E-state index in [4.69, 9.17) is 33.7 Å². The van der Waals surface area contributed by atoms with Crippen LogP contribution < -0.4 is 20.7 Å². The fraction of sp³-hybridized carbons (Fsp3) is 0.100. The molecule has 0 unspecified atom stereocenters. The predicted molar refractivity (Wildman–Crippen MR) is 111 cm³/mol. The molecule has 1 saturated heterocycles. The van der Waals surface area contributed by atoms with Crippen LogP contribution in [0.3, 0.4) is 0 Å². The summed E-state index contributed by atoms with van der Waals surface area (Å²) in [7, 11) is 0. The number of anilines is 1. The van der Waals surface area contributed by atoms with Gasteiger partial charge in [-0.1, -0.05) is 29.3 Å². The van der Waals surface area contributed by atoms with Crippen LogP contribution in [0.4, 0.5) is 10.5 Å². The van der Waals surface area contributed by atoms with E-state index in [9.17, 15) is 19.2 Å². The zero-order chi connectivity index (χ0) is 22.0. The number of nitrogens with zero attached hydrogens (tertiary/aromatic N) is 1. The van der Waals surface area contributed by atoms with Crippen molar-refractivity contribution >= 4 is 58.7 Å². The van der Waals surface area contributed by atoms with Gasteiger partial charge in [-0.3, -0.25) is 19.7 Å². The third-order valence-corrected chi connectivity index (χ3v) is 4.87. The van der Waals surface area contributed by atoms with Crippen molar-refractivity contribution in [2.45, 2.75) is 6.92 Å². The first-order valence-corrected chi connectivity index (χ1v) is 9.32. The Hall–Kier alpha value is -3.36. The first-order chi connectivity index (χ1) is 14.2. The Kier molecular flexibility index (Phi) is 6.09. The number of hydrogen-bond acceptors (Lipinski definition) is 5. The van der Waals surface area contributed by atoms with Gasteiger partial charge in [-0.05, 0) is 48.9 Å². The van der Waals surface area contributed by atoms with Crippen LogP contribution >= 0.6 is 23.2 Å². The van der Waals surface area contributed by atoms with E-state index in [0.29, 0.717) is 15.6 Å². The number of urea groups is 1. The van der Waals surface area contributed by atoms with Crippen molar-refractivity contribution in [2.24, 2.45) is 5.73 Å². The summed E-state index contributed by atoms with van der Waals surface area (Å²) in [6.45, 7) is 1.23. The number of carbonyl (C=O) groups is 4. The Morgan fingerprint density at radius 2 is 1.93 bits per heavy atom. The highest BCUT2D eigenvalue weighted by Crippen LogP contribution is 2.31. The number of rotatable bonds is 5. The molecule has 0 radical (unpaired) electrons. The lowest BCUT2D eigenvalue weighted by molar-refractivity contribution is -0.123. The SMILES string of the molecule is Cc1c(Cl)cccc1N1C(=O)NC(=O)/C(=C\c2cc(Cl)ccc2OCC(N)=O)C1=O. The van der Waals surface area contributed by atoms with E-state index in [1.807, 2.05) is 0 Å². The summed E-state index contributed by atoms with van der Waals surface area (Å²) in [6.07, 6.45) is 1.22. The topological polar surface area (TPSA) is 119 Å². The molecule has 0 aromatic heterocycles. The van der Waals surface area contributed by atoms with Gasteiger partial charge in [0.1, 0.15) is 11.3 Å². The quantitative estimate of drug-likeness (QED) is 0.539. The minimum absolute atomic E-state index is 0.175. The molecule has 0 spiro atoms. The number of halogens is 2. The summed E-state index contributed by atoms with van der Waals surface area (Å²) >= 11 is 12.1. The number of amides is 5. The lowest BCUT2D eigenvalue weighted by Gasteiger charge is -2.27. The van der Waals surface area contributed by atoms with E-state index in [0.717, 1.165) is 4.90 Å². The maximum atomic E-state index is 13.1. The normalized spacial score (nSPS) is 15.4. The number of primary amides is 1. The maximum Gasteiger partial charge on any atom is 0.335 e. The lowest BCUT2D eigenvalue weighted by atomic mass is 10.0. The smallest absolute Gasteiger partial charge is 0.335 e. The largest absolute Gasteiger partial charge is 0.483 e. The zero-order valence-corrected chi connectivity index (χ0v) is 17.1. The monoisotopic (exact) mass is 447 g/mol. The van der Waals surface area contributed by atoms with Crippen LogP contribution in [-0.2, 0) is 14.4 Å². The highest BCUT2D eigenvalue weighted by Gasteiger charge is 2.37. The fourth-order valence-corrected chi connectivity index (χ4v) is 3.13. The third kappa shape index (κ3) is 4.29. The average Bonchev–Trinajstić information content (AvgIpc) is 2.67. The maximum absolute atomic E-state index is 13.1. The Labute approximate surface area is 181 Å². The van der Waals surface area contributed by atoms with Crippen LogP contribution in [0.2, 0.25) is 10.0 Å². The number of barbiturate groups is 1. The first-order valence-electron chi connectivity index (χ1n) is 8.56. The van der Waals surface area contributed by atoms with Crippen molar-refractivity contribution in [2.75, 3.05) is 11.5 Å². The van der Waals surface area contributed by atoms with Gasteiger partial charge in [0.2, 0.25) is 0 Å². The van der Waals surface area contributed by atoms with Crippen LogP contribution in [0.5, 0.6) is 5.75 Å². The van der Waals surface area contributed by atoms with Crippen molar-refractivity contribution in [3.63, 3.8) is 0 Å². The molecule has 0 atom stereocenters. The number of nitrogens with two attached hydrogens (primary N) is 1. The summed E-state index contributed by atoms with van der Waals surface area (Å²) in [4.78, 5) is 49.7. The van der Waals surface area contributed by atoms with E-state index in [1.165, 1.54) is 30.3 Å². The summed E-state index contributed by atoms with van der Waals surface area (Å²) in [5, 5.41) is 2.78. The highest BCUT2D eigenvalue weighted by atomic mass is 35.5. The van der Waals surface area contributed by atoms with E-state index in [1.54, 1.807) is 19.1 Å². The van der Waals surface area contributed by atoms with Gasteiger partial charge in [-0.25, -0.2) is 9.69 Å². The van der Waals surface area contributed by atoms with Gasteiger partial charge in [-0.2, -0.15) is 0 Å². The molecule has 3 rings (SSSR count). The number of ether oxygens (including phenoxy) is 1. The standard InChI is InChI=1S/C20H15Cl2N3O5/c1-10-14(22)3-2-4-15(10)25-19(28)13(18(27)24-20(25)29)8-11-7-12(21)5-6-16(11)30-9-17(23)26/h2-8H,9H2,1H3,(H2,23,26)(H,24,27,29)/b13-8+. The van der Waals surface area contributed by atoms with Gasteiger partial charge < -0.3 is 10.5 Å². The fourth-order valence-electron chi connectivity index (χ4n) is 2.78. The summed E-state index contributed by atoms with van der Waals surface area (Å²) in [6, 6.07) is 8.24. The predicted octanol–water partition coefficient (Wildman–Crippen LogP) is 2.83. The molecule has 0 saturated carbocycles. The van der Waals surface area contributed by atoms with Gasteiger partial charge in [0.25, 0.3) is 17.7 Å². The van der Waals surface area contributed by atoms with Gasteiger partial charge >= 0.3 is 6.03 Å². The van der Waals surface area contributed by atoms with E-state index in [2.05, 4.69) is 5.32 Å². The van der Waals surface area contributed by atoms with Gasteiger partial charge in [-0.15, -0.1) is 0 Å². The molecule has 154 valence electrons. The minimum Gasteiger partial charge on any atom is -0.483 e. The van der Waals surface area contributed by atoms with Crippen molar-refractivity contribution in [1.82, 2.24) is 5.32 Å². The Morgan fingerprint density at radius 1 is 1.20 bits per heavy atom. The van der Waals surface area contributed by atoms with E-state index < -0.39 is 30.4 Å². The molecule has 2 aromatic carbocycles. The molecule has 3 N–H and O–H groups in total. The molecule has 1 fully saturated rings. The second-order valence-electron chi connectivity index (χ2n) is 6.28. The molecule has 8 nitrogen and oxygen atoms in total. The summed E-state index contributed by atoms with van der Waals surface area (Å²) < 4.78 is 5.31. The number of hydrogen-bond donors (Lipinski definition) is 2. The van der Waals surface area contributed by atoms with Crippen LogP contribution in [0.15, 0.2) is 42.0 Å². The third-order valence-electron chi connectivity index (χ3n) is 4.22. The molecule has 30 heavy (non-hydrogen) atoms. The molecule has 1 aliphatic rings. The highest BCUT2D eigenvalue weighted by molar-refractivity contribution is 6.40. The Morgan fingerprint density at radius 3 is 2.63 bits per heavy atom. The molecule has 1 aliphatic heterocycles. The molecule has 1 heterocycles. The molecule has 10 heteroatoms. The summed E-state index contributed by atoms with van der Waals surface area (Å²) in [5.41, 5.74) is 5.74. The second kappa shape index (κ2) is 8.56.